The molecule has 0 saturated carbocycles. The van der Waals surface area contributed by atoms with Gasteiger partial charge in [-0.1, -0.05) is 18.7 Å². The first-order valence-electron chi connectivity index (χ1n) is 5.66. The number of hydrogen-bond acceptors (Lipinski definition) is 3. The molecule has 0 atom stereocenters. The van der Waals surface area contributed by atoms with Crippen LogP contribution in [-0.2, 0) is 4.74 Å². The predicted octanol–water partition coefficient (Wildman–Crippen LogP) is 2.60. The van der Waals surface area contributed by atoms with E-state index in [0.29, 0.717) is 5.56 Å². The normalized spacial score (nSPS) is 11.0. The van der Waals surface area contributed by atoms with Gasteiger partial charge in [0.2, 0.25) is 0 Å². The Kier molecular flexibility index (Phi) is 5.57. The molecule has 1 amide bonds. The molecule has 20 heavy (non-hydrogen) atoms. The second kappa shape index (κ2) is 6.95. The number of hydrogen-bond donors (Lipinski definition) is 1. The number of benzene rings is 1. The standard InChI is InChI=1S/C13H14F3NO3/c1-3-9-4-5-11(20-13(14,15)16)10(8-9)12(18)17-6-7-19-2/h3-5,8H,1,6-7H2,2H3,(H,17,18). The van der Waals surface area contributed by atoms with Crippen molar-refractivity contribution in [3.8, 4) is 5.75 Å². The zero-order valence-electron chi connectivity index (χ0n) is 10.8. The number of rotatable bonds is 6. The van der Waals surface area contributed by atoms with E-state index in [1.165, 1.54) is 25.3 Å². The van der Waals surface area contributed by atoms with E-state index in [9.17, 15) is 18.0 Å². The van der Waals surface area contributed by atoms with Crippen molar-refractivity contribution >= 4 is 12.0 Å². The fraction of sp³-hybridized carbons (Fsp3) is 0.308. The van der Waals surface area contributed by atoms with Gasteiger partial charge >= 0.3 is 6.36 Å². The fourth-order valence-corrected chi connectivity index (χ4v) is 1.43. The predicted molar refractivity (Wildman–Crippen MR) is 67.4 cm³/mol. The number of carbonyl (C=O) groups excluding carboxylic acids is 1. The van der Waals surface area contributed by atoms with Gasteiger partial charge in [0.25, 0.3) is 5.91 Å². The fourth-order valence-electron chi connectivity index (χ4n) is 1.43. The molecule has 0 bridgehead atoms. The second-order valence-electron chi connectivity index (χ2n) is 3.76. The van der Waals surface area contributed by atoms with E-state index in [1.54, 1.807) is 0 Å². The van der Waals surface area contributed by atoms with E-state index < -0.39 is 18.0 Å². The van der Waals surface area contributed by atoms with Crippen molar-refractivity contribution in [1.29, 1.82) is 0 Å². The van der Waals surface area contributed by atoms with Gasteiger partial charge in [-0.25, -0.2) is 0 Å². The topological polar surface area (TPSA) is 47.6 Å². The highest BCUT2D eigenvalue weighted by Gasteiger charge is 2.33. The molecule has 1 rings (SSSR count). The maximum atomic E-state index is 12.3. The molecule has 0 aliphatic heterocycles. The van der Waals surface area contributed by atoms with Crippen LogP contribution in [0.2, 0.25) is 0 Å². The molecular formula is C13H14F3NO3. The molecule has 0 aliphatic carbocycles. The first-order valence-corrected chi connectivity index (χ1v) is 5.66. The van der Waals surface area contributed by atoms with Gasteiger partial charge in [-0.3, -0.25) is 4.79 Å². The maximum absolute atomic E-state index is 12.3. The Morgan fingerprint density at radius 3 is 2.70 bits per heavy atom. The number of halogens is 3. The largest absolute Gasteiger partial charge is 0.573 e. The quantitative estimate of drug-likeness (QED) is 0.819. The van der Waals surface area contributed by atoms with Crippen LogP contribution >= 0.6 is 0 Å². The lowest BCUT2D eigenvalue weighted by atomic mass is 10.1. The van der Waals surface area contributed by atoms with Crippen molar-refractivity contribution in [2.45, 2.75) is 6.36 Å². The van der Waals surface area contributed by atoms with Crippen molar-refractivity contribution < 1.29 is 27.4 Å². The molecule has 110 valence electrons. The molecule has 1 N–H and O–H groups in total. The van der Waals surface area contributed by atoms with Gasteiger partial charge in [-0.2, -0.15) is 0 Å². The van der Waals surface area contributed by atoms with Crippen LogP contribution in [0.3, 0.4) is 0 Å². The van der Waals surface area contributed by atoms with Crippen LogP contribution in [0, 0.1) is 0 Å². The third kappa shape index (κ3) is 4.93. The Labute approximate surface area is 114 Å². The molecule has 0 unspecified atom stereocenters. The van der Waals surface area contributed by atoms with Gasteiger partial charge in [0.15, 0.2) is 0 Å². The summed E-state index contributed by atoms with van der Waals surface area (Å²) >= 11 is 0. The van der Waals surface area contributed by atoms with Crippen molar-refractivity contribution in [3.63, 3.8) is 0 Å². The number of nitrogens with one attached hydrogen (secondary N) is 1. The van der Waals surface area contributed by atoms with Crippen LogP contribution in [-0.4, -0.2) is 32.5 Å². The van der Waals surface area contributed by atoms with E-state index in [-0.39, 0.29) is 18.7 Å². The van der Waals surface area contributed by atoms with Crippen LogP contribution in [0.15, 0.2) is 24.8 Å². The summed E-state index contributed by atoms with van der Waals surface area (Å²) < 4.78 is 45.4. The van der Waals surface area contributed by atoms with Crippen LogP contribution in [0.1, 0.15) is 15.9 Å². The summed E-state index contributed by atoms with van der Waals surface area (Å²) in [6.45, 7) is 3.93. The molecule has 0 spiro atoms. The van der Waals surface area contributed by atoms with Crippen molar-refractivity contribution in [3.05, 3.63) is 35.9 Å². The minimum atomic E-state index is -4.86. The third-order valence-corrected chi connectivity index (χ3v) is 2.30. The Balaban J connectivity index is 2.99. The van der Waals surface area contributed by atoms with Gasteiger partial charge in [-0.05, 0) is 17.7 Å². The number of carbonyl (C=O) groups is 1. The average Bonchev–Trinajstić information content (AvgIpc) is 2.37. The zero-order valence-corrected chi connectivity index (χ0v) is 10.8. The summed E-state index contributed by atoms with van der Waals surface area (Å²) in [5.41, 5.74) is 0.298. The molecule has 1 aromatic rings. The lowest BCUT2D eigenvalue weighted by molar-refractivity contribution is -0.274. The summed E-state index contributed by atoms with van der Waals surface area (Å²) in [5, 5.41) is 2.43. The summed E-state index contributed by atoms with van der Waals surface area (Å²) in [6, 6.07) is 3.73. The van der Waals surface area contributed by atoms with Gasteiger partial charge in [0.05, 0.1) is 12.2 Å². The molecule has 0 saturated heterocycles. The van der Waals surface area contributed by atoms with Crippen LogP contribution in [0.25, 0.3) is 6.08 Å². The number of ether oxygens (including phenoxy) is 2. The smallest absolute Gasteiger partial charge is 0.405 e. The summed E-state index contributed by atoms with van der Waals surface area (Å²) in [5.74, 6) is -1.23. The lowest BCUT2D eigenvalue weighted by Gasteiger charge is -2.14. The molecular weight excluding hydrogens is 275 g/mol. The van der Waals surface area contributed by atoms with Crippen LogP contribution in [0.5, 0.6) is 5.75 Å². The SMILES string of the molecule is C=Cc1ccc(OC(F)(F)F)c(C(=O)NCCOC)c1. The Morgan fingerprint density at radius 1 is 1.45 bits per heavy atom. The Morgan fingerprint density at radius 2 is 2.15 bits per heavy atom. The molecule has 1 aromatic carbocycles. The van der Waals surface area contributed by atoms with Gasteiger partial charge in [-0.15, -0.1) is 13.2 Å². The van der Waals surface area contributed by atoms with Crippen molar-refractivity contribution in [1.82, 2.24) is 5.32 Å². The Hall–Kier alpha value is -2.02. The first kappa shape index (κ1) is 16.0. The van der Waals surface area contributed by atoms with Crippen molar-refractivity contribution in [2.75, 3.05) is 20.3 Å². The van der Waals surface area contributed by atoms with Crippen molar-refractivity contribution in [2.24, 2.45) is 0 Å². The van der Waals surface area contributed by atoms with Gasteiger partial charge in [0, 0.05) is 13.7 Å². The van der Waals surface area contributed by atoms with Crippen LogP contribution in [0.4, 0.5) is 13.2 Å². The highest BCUT2D eigenvalue weighted by atomic mass is 19.4. The first-order chi connectivity index (χ1) is 9.37. The highest BCUT2D eigenvalue weighted by Crippen LogP contribution is 2.27. The number of amides is 1. The van der Waals surface area contributed by atoms with E-state index in [1.807, 2.05) is 0 Å². The Bertz CT molecular complexity index is 486. The number of alkyl halides is 3. The maximum Gasteiger partial charge on any atom is 0.573 e. The molecule has 0 radical (unpaired) electrons. The lowest BCUT2D eigenvalue weighted by Crippen LogP contribution is -2.28. The molecule has 0 heterocycles. The zero-order chi connectivity index (χ0) is 15.2. The van der Waals surface area contributed by atoms with Crippen LogP contribution < -0.4 is 10.1 Å². The molecule has 0 aliphatic rings. The minimum Gasteiger partial charge on any atom is -0.405 e. The van der Waals surface area contributed by atoms with E-state index in [2.05, 4.69) is 16.6 Å². The molecule has 0 fully saturated rings. The van der Waals surface area contributed by atoms with Gasteiger partial charge in [0.1, 0.15) is 5.75 Å². The molecule has 4 nitrogen and oxygen atoms in total. The van der Waals surface area contributed by atoms with E-state index in [4.69, 9.17) is 4.74 Å². The third-order valence-electron chi connectivity index (χ3n) is 2.30. The molecule has 7 heteroatoms. The average molecular weight is 289 g/mol. The second-order valence-corrected chi connectivity index (χ2v) is 3.76. The monoisotopic (exact) mass is 289 g/mol. The van der Waals surface area contributed by atoms with E-state index in [0.717, 1.165) is 6.07 Å². The molecule has 0 aromatic heterocycles. The summed E-state index contributed by atoms with van der Waals surface area (Å²) in [6.07, 6.45) is -3.44. The number of methoxy groups -OCH3 is 1. The van der Waals surface area contributed by atoms with Gasteiger partial charge < -0.3 is 14.8 Å². The highest BCUT2D eigenvalue weighted by molar-refractivity contribution is 5.97. The van der Waals surface area contributed by atoms with E-state index >= 15 is 0 Å². The minimum absolute atomic E-state index is 0.180. The summed E-state index contributed by atoms with van der Waals surface area (Å²) in [7, 11) is 1.45. The summed E-state index contributed by atoms with van der Waals surface area (Å²) in [4.78, 5) is 11.8.